The molecule has 0 saturated heterocycles. The lowest BCUT2D eigenvalue weighted by Gasteiger charge is -2.13. The maximum Gasteiger partial charge on any atom is 0.135 e. The van der Waals surface area contributed by atoms with E-state index < -0.39 is 11.6 Å². The number of hydrogen-bond acceptors (Lipinski definition) is 2. The fraction of sp³-hybridized carbons (Fsp3) is 0.286. The van der Waals surface area contributed by atoms with E-state index in [0.717, 1.165) is 0 Å². The van der Waals surface area contributed by atoms with Crippen LogP contribution in [0.25, 0.3) is 11.3 Å². The van der Waals surface area contributed by atoms with Crippen molar-refractivity contribution in [3.8, 4) is 11.3 Å². The van der Waals surface area contributed by atoms with Gasteiger partial charge in [-0.2, -0.15) is 0 Å². The molecule has 0 aliphatic heterocycles. The highest BCUT2D eigenvalue weighted by atomic mass is 32.1. The van der Waals surface area contributed by atoms with Crippen molar-refractivity contribution in [2.75, 3.05) is 0 Å². The molecular formula is C14H14F2N2S. The highest BCUT2D eigenvalue weighted by Crippen LogP contribution is 2.28. The van der Waals surface area contributed by atoms with E-state index in [9.17, 15) is 8.78 Å². The molecule has 0 saturated carbocycles. The van der Waals surface area contributed by atoms with Gasteiger partial charge in [-0.25, -0.2) is 13.8 Å². The third-order valence-electron chi connectivity index (χ3n) is 2.93. The number of hydrogen-bond donors (Lipinski definition) is 1. The summed E-state index contributed by atoms with van der Waals surface area (Å²) in [5.41, 5.74) is 0.845. The van der Waals surface area contributed by atoms with Crippen LogP contribution >= 0.6 is 12.2 Å². The van der Waals surface area contributed by atoms with Gasteiger partial charge in [0.15, 0.2) is 0 Å². The standard InChI is InChI=1S/C14H14F2N2S/c1-7(2)13-17-12(8(3)14(19)18-13)11-9(15)5-4-6-10(11)16/h4-7H,1-3H3,(H,17,18,19). The van der Waals surface area contributed by atoms with Gasteiger partial charge in [0.2, 0.25) is 0 Å². The molecule has 0 fully saturated rings. The van der Waals surface area contributed by atoms with Gasteiger partial charge in [-0.3, -0.25) is 0 Å². The summed E-state index contributed by atoms with van der Waals surface area (Å²) in [6.45, 7) is 5.58. The van der Waals surface area contributed by atoms with Gasteiger partial charge in [0.25, 0.3) is 0 Å². The van der Waals surface area contributed by atoms with E-state index in [-0.39, 0.29) is 11.5 Å². The van der Waals surface area contributed by atoms with Crippen LogP contribution in [0.2, 0.25) is 0 Å². The van der Waals surface area contributed by atoms with Gasteiger partial charge in [0.1, 0.15) is 22.1 Å². The molecule has 2 nitrogen and oxygen atoms in total. The van der Waals surface area contributed by atoms with Crippen LogP contribution < -0.4 is 0 Å². The van der Waals surface area contributed by atoms with Gasteiger partial charge in [-0.15, -0.1) is 0 Å². The lowest BCUT2D eigenvalue weighted by molar-refractivity contribution is 0.587. The van der Waals surface area contributed by atoms with Crippen molar-refractivity contribution in [2.24, 2.45) is 0 Å². The van der Waals surface area contributed by atoms with E-state index >= 15 is 0 Å². The molecule has 2 rings (SSSR count). The summed E-state index contributed by atoms with van der Waals surface area (Å²) in [5, 5.41) is 0. The summed E-state index contributed by atoms with van der Waals surface area (Å²) < 4.78 is 28.1. The fourth-order valence-electron chi connectivity index (χ4n) is 1.81. The number of halogens is 2. The zero-order chi connectivity index (χ0) is 14.2. The maximum atomic E-state index is 13.9. The van der Waals surface area contributed by atoms with Crippen molar-refractivity contribution in [1.29, 1.82) is 0 Å². The van der Waals surface area contributed by atoms with E-state index in [1.807, 2.05) is 13.8 Å². The fourth-order valence-corrected chi connectivity index (χ4v) is 2.01. The Morgan fingerprint density at radius 2 is 1.79 bits per heavy atom. The topological polar surface area (TPSA) is 28.7 Å². The second kappa shape index (κ2) is 5.17. The normalized spacial score (nSPS) is 11.1. The van der Waals surface area contributed by atoms with Gasteiger partial charge in [-0.05, 0) is 19.1 Å². The Morgan fingerprint density at radius 1 is 1.21 bits per heavy atom. The molecule has 0 radical (unpaired) electrons. The third kappa shape index (κ3) is 2.56. The molecule has 5 heteroatoms. The van der Waals surface area contributed by atoms with Gasteiger partial charge >= 0.3 is 0 Å². The predicted octanol–water partition coefficient (Wildman–Crippen LogP) is 4.52. The number of nitrogens with zero attached hydrogens (tertiary/aromatic N) is 1. The SMILES string of the molecule is Cc1c(-c2c(F)cccc2F)[nH]c(C(C)C)nc1=S. The summed E-state index contributed by atoms with van der Waals surface area (Å²) >= 11 is 5.16. The Morgan fingerprint density at radius 3 is 2.32 bits per heavy atom. The third-order valence-corrected chi connectivity index (χ3v) is 3.33. The van der Waals surface area contributed by atoms with Crippen LogP contribution in [0.15, 0.2) is 18.2 Å². The first-order valence-corrected chi connectivity index (χ1v) is 6.37. The molecule has 0 bridgehead atoms. The van der Waals surface area contributed by atoms with Crippen LogP contribution in [-0.4, -0.2) is 9.97 Å². The molecule has 0 aliphatic rings. The second-order valence-corrected chi connectivity index (χ2v) is 5.07. The van der Waals surface area contributed by atoms with E-state index in [4.69, 9.17) is 12.2 Å². The van der Waals surface area contributed by atoms with Crippen molar-refractivity contribution < 1.29 is 8.78 Å². The summed E-state index contributed by atoms with van der Waals surface area (Å²) in [6, 6.07) is 3.79. The molecule has 1 aromatic heterocycles. The van der Waals surface area contributed by atoms with Crippen molar-refractivity contribution in [2.45, 2.75) is 26.7 Å². The Kier molecular flexibility index (Phi) is 3.75. The molecule has 0 unspecified atom stereocenters. The van der Waals surface area contributed by atoms with Crippen LogP contribution in [0.3, 0.4) is 0 Å². The number of rotatable bonds is 2. The quantitative estimate of drug-likeness (QED) is 0.819. The first-order chi connectivity index (χ1) is 8.91. The van der Waals surface area contributed by atoms with Gasteiger partial charge in [0.05, 0.1) is 11.3 Å². The maximum absolute atomic E-state index is 13.9. The zero-order valence-electron chi connectivity index (χ0n) is 10.9. The highest BCUT2D eigenvalue weighted by molar-refractivity contribution is 7.71. The molecule has 0 spiro atoms. The number of H-pyrrole nitrogens is 1. The Balaban J connectivity index is 2.79. The van der Waals surface area contributed by atoms with Crippen LogP contribution in [0.5, 0.6) is 0 Å². The molecule has 1 N–H and O–H groups in total. The van der Waals surface area contributed by atoms with Crippen LogP contribution in [0.4, 0.5) is 8.78 Å². The molecule has 0 atom stereocenters. The molecule has 0 amide bonds. The lowest BCUT2D eigenvalue weighted by Crippen LogP contribution is -2.04. The number of nitrogens with one attached hydrogen (secondary N) is 1. The molecular weight excluding hydrogens is 266 g/mol. The van der Waals surface area contributed by atoms with Gasteiger partial charge < -0.3 is 4.98 Å². The number of aromatic amines is 1. The number of benzene rings is 1. The van der Waals surface area contributed by atoms with Crippen molar-refractivity contribution in [3.63, 3.8) is 0 Å². The van der Waals surface area contributed by atoms with Gasteiger partial charge in [0, 0.05) is 11.5 Å². The average molecular weight is 280 g/mol. The second-order valence-electron chi connectivity index (χ2n) is 4.68. The summed E-state index contributed by atoms with van der Waals surface area (Å²) in [4.78, 5) is 7.23. The highest BCUT2D eigenvalue weighted by Gasteiger charge is 2.16. The van der Waals surface area contributed by atoms with Crippen molar-refractivity contribution in [3.05, 3.63) is 45.9 Å². The largest absolute Gasteiger partial charge is 0.343 e. The molecule has 19 heavy (non-hydrogen) atoms. The summed E-state index contributed by atoms with van der Waals surface area (Å²) in [7, 11) is 0. The predicted molar refractivity (Wildman–Crippen MR) is 73.6 cm³/mol. The van der Waals surface area contributed by atoms with E-state index in [0.29, 0.717) is 21.7 Å². The van der Waals surface area contributed by atoms with Crippen molar-refractivity contribution >= 4 is 12.2 Å². The van der Waals surface area contributed by atoms with Crippen LogP contribution in [-0.2, 0) is 0 Å². The Bertz CT molecular complexity index is 657. The average Bonchev–Trinajstić information content (AvgIpc) is 2.33. The number of aromatic nitrogens is 2. The van der Waals surface area contributed by atoms with Crippen LogP contribution in [0, 0.1) is 23.2 Å². The Hall–Kier alpha value is -1.62. The molecule has 1 aromatic carbocycles. The summed E-state index contributed by atoms with van der Waals surface area (Å²) in [6.07, 6.45) is 0. The Labute approximate surface area is 115 Å². The van der Waals surface area contributed by atoms with E-state index in [1.165, 1.54) is 18.2 Å². The van der Waals surface area contributed by atoms with Gasteiger partial charge in [-0.1, -0.05) is 32.1 Å². The smallest absolute Gasteiger partial charge is 0.135 e. The van der Waals surface area contributed by atoms with Crippen LogP contribution in [0.1, 0.15) is 31.2 Å². The minimum Gasteiger partial charge on any atom is -0.343 e. The molecule has 0 aliphatic carbocycles. The zero-order valence-corrected chi connectivity index (χ0v) is 11.7. The van der Waals surface area contributed by atoms with Crippen molar-refractivity contribution in [1.82, 2.24) is 9.97 Å². The monoisotopic (exact) mass is 280 g/mol. The molecule has 100 valence electrons. The first-order valence-electron chi connectivity index (χ1n) is 5.97. The lowest BCUT2D eigenvalue weighted by atomic mass is 10.1. The minimum atomic E-state index is -0.616. The molecule has 2 aromatic rings. The molecule has 1 heterocycles. The van der Waals surface area contributed by atoms with E-state index in [1.54, 1.807) is 6.92 Å². The minimum absolute atomic E-state index is 0.0876. The summed E-state index contributed by atoms with van der Waals surface area (Å²) in [5.74, 6) is -0.520. The van der Waals surface area contributed by atoms with E-state index in [2.05, 4.69) is 9.97 Å². The first kappa shape index (κ1) is 13.8.